The third-order valence-electron chi connectivity index (χ3n) is 4.63. The number of carbonyl (C=O) groups excluding carboxylic acids is 1. The lowest BCUT2D eigenvalue weighted by atomic mass is 10.1. The highest BCUT2D eigenvalue weighted by Gasteiger charge is 2.12. The second kappa shape index (κ2) is 8.80. The molecule has 146 valence electrons. The third kappa shape index (κ3) is 4.40. The minimum atomic E-state index is -0.450. The number of hydrogen-bond donors (Lipinski definition) is 2. The van der Waals surface area contributed by atoms with Crippen molar-refractivity contribution < 1.29 is 9.53 Å². The van der Waals surface area contributed by atoms with Gasteiger partial charge in [-0.1, -0.05) is 48.5 Å². The van der Waals surface area contributed by atoms with Crippen LogP contribution in [0.25, 0.3) is 17.0 Å². The number of fused-ring (bicyclic) bond motifs is 1. The molecule has 2 N–H and O–H groups in total. The molecular formula is C25H19N3O2. The van der Waals surface area contributed by atoms with Crippen LogP contribution in [0.3, 0.4) is 0 Å². The first kappa shape index (κ1) is 19.0. The summed E-state index contributed by atoms with van der Waals surface area (Å²) in [6.45, 7) is 0.463. The Balaban J connectivity index is 1.56. The number of carbonyl (C=O) groups is 1. The van der Waals surface area contributed by atoms with Crippen molar-refractivity contribution in [1.29, 1.82) is 5.26 Å². The summed E-state index contributed by atoms with van der Waals surface area (Å²) in [6, 6.07) is 26.7. The van der Waals surface area contributed by atoms with Gasteiger partial charge in [-0.2, -0.15) is 5.26 Å². The van der Waals surface area contributed by atoms with Crippen LogP contribution < -0.4 is 10.1 Å². The molecule has 0 aliphatic heterocycles. The molecule has 0 aliphatic rings. The second-order valence-electron chi connectivity index (χ2n) is 6.72. The largest absolute Gasteiger partial charge is 0.489 e. The van der Waals surface area contributed by atoms with Crippen LogP contribution in [0, 0.1) is 11.3 Å². The summed E-state index contributed by atoms with van der Waals surface area (Å²) in [6.07, 6.45) is 3.36. The van der Waals surface area contributed by atoms with Crippen molar-refractivity contribution in [2.45, 2.75) is 6.61 Å². The molecule has 30 heavy (non-hydrogen) atoms. The van der Waals surface area contributed by atoms with Crippen LogP contribution in [0.5, 0.6) is 5.75 Å². The van der Waals surface area contributed by atoms with Crippen LogP contribution in [0.2, 0.25) is 0 Å². The average Bonchev–Trinajstić information content (AvgIpc) is 3.19. The number of aromatic amines is 1. The Hall–Kier alpha value is -4.30. The number of aromatic nitrogens is 1. The number of para-hydroxylation sites is 1. The number of nitrogens with zero attached hydrogens (tertiary/aromatic N) is 1. The van der Waals surface area contributed by atoms with Gasteiger partial charge < -0.3 is 15.0 Å². The maximum atomic E-state index is 12.5. The SMILES string of the molecule is N#C/C(=C\c1c[nH]c2ccc(OCc3ccccc3)cc12)C(=O)Nc1ccccc1. The summed E-state index contributed by atoms with van der Waals surface area (Å²) in [7, 11) is 0. The summed E-state index contributed by atoms with van der Waals surface area (Å²) in [5.41, 5.74) is 3.38. The highest BCUT2D eigenvalue weighted by Crippen LogP contribution is 2.26. The number of hydrogen-bond acceptors (Lipinski definition) is 3. The molecule has 0 aliphatic carbocycles. The molecule has 1 aromatic heterocycles. The summed E-state index contributed by atoms with van der Waals surface area (Å²) in [4.78, 5) is 15.7. The van der Waals surface area contributed by atoms with Gasteiger partial charge in [-0.05, 0) is 42.0 Å². The molecule has 3 aromatic carbocycles. The standard InChI is InChI=1S/C25H19N3O2/c26-15-19(25(29)28-21-9-5-2-6-10-21)13-20-16-27-24-12-11-22(14-23(20)24)30-17-18-7-3-1-4-8-18/h1-14,16,27H,17H2,(H,28,29)/b19-13+. The van der Waals surface area contributed by atoms with Gasteiger partial charge in [0.2, 0.25) is 0 Å². The first-order chi connectivity index (χ1) is 14.7. The Bertz CT molecular complexity index is 1240. The van der Waals surface area contributed by atoms with E-state index in [-0.39, 0.29) is 5.57 Å². The monoisotopic (exact) mass is 393 g/mol. The lowest BCUT2D eigenvalue weighted by Crippen LogP contribution is -2.13. The second-order valence-corrected chi connectivity index (χ2v) is 6.72. The van der Waals surface area contributed by atoms with E-state index in [2.05, 4.69) is 10.3 Å². The number of anilines is 1. The first-order valence-corrected chi connectivity index (χ1v) is 9.49. The van der Waals surface area contributed by atoms with Crippen molar-refractivity contribution in [3.05, 3.63) is 102 Å². The molecule has 1 heterocycles. The summed E-state index contributed by atoms with van der Waals surface area (Å²) < 4.78 is 5.90. The number of H-pyrrole nitrogens is 1. The smallest absolute Gasteiger partial charge is 0.266 e. The van der Waals surface area contributed by atoms with Crippen LogP contribution in [0.4, 0.5) is 5.69 Å². The van der Waals surface area contributed by atoms with E-state index in [4.69, 9.17) is 4.74 Å². The van der Waals surface area contributed by atoms with Gasteiger partial charge in [0.1, 0.15) is 24.0 Å². The van der Waals surface area contributed by atoms with Crippen LogP contribution in [0.15, 0.2) is 90.6 Å². The van der Waals surface area contributed by atoms with Gasteiger partial charge in [0, 0.05) is 28.4 Å². The minimum Gasteiger partial charge on any atom is -0.489 e. The van der Waals surface area contributed by atoms with Crippen molar-refractivity contribution in [1.82, 2.24) is 4.98 Å². The lowest BCUT2D eigenvalue weighted by Gasteiger charge is -2.07. The zero-order chi connectivity index (χ0) is 20.8. The molecule has 0 saturated heterocycles. The number of ether oxygens (including phenoxy) is 1. The lowest BCUT2D eigenvalue weighted by molar-refractivity contribution is -0.112. The van der Waals surface area contributed by atoms with Gasteiger partial charge in [0.15, 0.2) is 0 Å². The minimum absolute atomic E-state index is 0.0235. The van der Waals surface area contributed by atoms with Crippen molar-refractivity contribution in [3.8, 4) is 11.8 Å². The summed E-state index contributed by atoms with van der Waals surface area (Å²) >= 11 is 0. The van der Waals surface area contributed by atoms with E-state index in [1.165, 1.54) is 0 Å². The summed E-state index contributed by atoms with van der Waals surface area (Å²) in [5, 5.41) is 13.1. The fourth-order valence-corrected chi connectivity index (χ4v) is 3.10. The Kier molecular flexibility index (Phi) is 5.59. The van der Waals surface area contributed by atoms with E-state index in [0.717, 1.165) is 22.0 Å². The topological polar surface area (TPSA) is 77.9 Å². The molecule has 4 aromatic rings. The molecule has 0 unspecified atom stereocenters. The fraction of sp³-hybridized carbons (Fsp3) is 0.0400. The van der Waals surface area contributed by atoms with Gasteiger partial charge in [-0.25, -0.2) is 0 Å². The van der Waals surface area contributed by atoms with Crippen molar-refractivity contribution >= 4 is 28.6 Å². The van der Waals surface area contributed by atoms with Crippen LogP contribution >= 0.6 is 0 Å². The van der Waals surface area contributed by atoms with Gasteiger partial charge in [0.25, 0.3) is 5.91 Å². The predicted molar refractivity (Wildman–Crippen MR) is 118 cm³/mol. The van der Waals surface area contributed by atoms with E-state index < -0.39 is 5.91 Å². The summed E-state index contributed by atoms with van der Waals surface area (Å²) in [5.74, 6) is 0.266. The molecule has 1 amide bonds. The van der Waals surface area contributed by atoms with Crippen LogP contribution in [-0.4, -0.2) is 10.9 Å². The predicted octanol–water partition coefficient (Wildman–Crippen LogP) is 5.29. The number of amides is 1. The van der Waals surface area contributed by atoms with Crippen molar-refractivity contribution in [2.75, 3.05) is 5.32 Å². The number of rotatable bonds is 6. The van der Waals surface area contributed by atoms with Gasteiger partial charge in [-0.3, -0.25) is 4.79 Å². The molecule has 0 spiro atoms. The molecule has 5 heteroatoms. The number of benzene rings is 3. The Morgan fingerprint density at radius 3 is 2.50 bits per heavy atom. The van der Waals surface area contributed by atoms with E-state index >= 15 is 0 Å². The maximum absolute atomic E-state index is 12.5. The Labute approximate surface area is 174 Å². The fourth-order valence-electron chi connectivity index (χ4n) is 3.10. The Morgan fingerprint density at radius 2 is 1.77 bits per heavy atom. The molecule has 4 rings (SSSR count). The van der Waals surface area contributed by atoms with E-state index in [9.17, 15) is 10.1 Å². The molecule has 0 saturated carbocycles. The normalized spacial score (nSPS) is 11.1. The molecule has 0 fully saturated rings. The van der Waals surface area contributed by atoms with E-state index in [1.807, 2.05) is 72.8 Å². The molecular weight excluding hydrogens is 374 g/mol. The average molecular weight is 393 g/mol. The van der Waals surface area contributed by atoms with Gasteiger partial charge in [0.05, 0.1) is 0 Å². The van der Waals surface area contributed by atoms with Crippen molar-refractivity contribution in [3.63, 3.8) is 0 Å². The highest BCUT2D eigenvalue weighted by molar-refractivity contribution is 6.10. The third-order valence-corrected chi connectivity index (χ3v) is 4.63. The number of nitriles is 1. The van der Waals surface area contributed by atoms with Crippen LogP contribution in [-0.2, 0) is 11.4 Å². The maximum Gasteiger partial charge on any atom is 0.266 e. The van der Waals surface area contributed by atoms with Gasteiger partial charge >= 0.3 is 0 Å². The molecule has 5 nitrogen and oxygen atoms in total. The van der Waals surface area contributed by atoms with Crippen LogP contribution in [0.1, 0.15) is 11.1 Å². The molecule has 0 radical (unpaired) electrons. The quantitative estimate of drug-likeness (QED) is 0.345. The Morgan fingerprint density at radius 1 is 1.03 bits per heavy atom. The van der Waals surface area contributed by atoms with E-state index in [1.54, 1.807) is 24.4 Å². The zero-order valence-corrected chi connectivity index (χ0v) is 16.1. The number of nitrogens with one attached hydrogen (secondary N) is 2. The highest BCUT2D eigenvalue weighted by atomic mass is 16.5. The van der Waals surface area contributed by atoms with Crippen molar-refractivity contribution in [2.24, 2.45) is 0 Å². The zero-order valence-electron chi connectivity index (χ0n) is 16.1. The van der Waals surface area contributed by atoms with Gasteiger partial charge in [-0.15, -0.1) is 0 Å². The molecule has 0 bridgehead atoms. The van der Waals surface area contributed by atoms with E-state index in [0.29, 0.717) is 18.0 Å². The first-order valence-electron chi connectivity index (χ1n) is 9.49. The molecule has 0 atom stereocenters.